The van der Waals surface area contributed by atoms with Crippen LogP contribution in [-0.2, 0) is 14.9 Å². The summed E-state index contributed by atoms with van der Waals surface area (Å²) in [6.07, 6.45) is 1.10. The Morgan fingerprint density at radius 1 is 1.25 bits per heavy atom. The maximum atomic E-state index is 12.5. The van der Waals surface area contributed by atoms with Crippen LogP contribution < -0.4 is 20.5 Å². The standard InChI is InChI=1S/C18H28N2O4/c1-17(2,13-5-6-14(22-3)15(11-13)23-4)12-20-16(21)18(19)7-9-24-10-8-18/h5-6,11H,7-10,12,19H2,1-4H3,(H,20,21). The summed E-state index contributed by atoms with van der Waals surface area (Å²) in [5, 5.41) is 3.01. The first-order valence-electron chi connectivity index (χ1n) is 8.20. The van der Waals surface area contributed by atoms with Gasteiger partial charge >= 0.3 is 0 Å². The van der Waals surface area contributed by atoms with E-state index in [1.165, 1.54) is 0 Å². The van der Waals surface area contributed by atoms with Crippen molar-refractivity contribution in [1.82, 2.24) is 5.32 Å². The average Bonchev–Trinajstić information content (AvgIpc) is 2.59. The van der Waals surface area contributed by atoms with Gasteiger partial charge in [0.25, 0.3) is 0 Å². The molecule has 0 unspecified atom stereocenters. The van der Waals surface area contributed by atoms with Crippen LogP contribution in [0.2, 0.25) is 0 Å². The van der Waals surface area contributed by atoms with Gasteiger partial charge in [0, 0.05) is 25.2 Å². The molecule has 6 nitrogen and oxygen atoms in total. The number of amides is 1. The van der Waals surface area contributed by atoms with Gasteiger partial charge in [-0.05, 0) is 30.5 Å². The lowest BCUT2D eigenvalue weighted by Gasteiger charge is -2.34. The van der Waals surface area contributed by atoms with Crippen molar-refractivity contribution in [3.8, 4) is 11.5 Å². The molecule has 1 aliphatic heterocycles. The summed E-state index contributed by atoms with van der Waals surface area (Å²) < 4.78 is 15.9. The molecule has 1 aromatic rings. The van der Waals surface area contributed by atoms with Crippen LogP contribution in [0.15, 0.2) is 18.2 Å². The number of nitrogens with two attached hydrogens (primary N) is 1. The number of rotatable bonds is 6. The largest absolute Gasteiger partial charge is 0.493 e. The fourth-order valence-electron chi connectivity index (χ4n) is 2.80. The molecule has 134 valence electrons. The SMILES string of the molecule is COc1ccc(C(C)(C)CNC(=O)C2(N)CCOCC2)cc1OC. The summed E-state index contributed by atoms with van der Waals surface area (Å²) in [6, 6.07) is 5.80. The van der Waals surface area contributed by atoms with E-state index < -0.39 is 5.54 Å². The summed E-state index contributed by atoms with van der Waals surface area (Å²) in [6.45, 7) is 5.69. The van der Waals surface area contributed by atoms with Crippen molar-refractivity contribution in [3.05, 3.63) is 23.8 Å². The van der Waals surface area contributed by atoms with E-state index in [4.69, 9.17) is 19.9 Å². The van der Waals surface area contributed by atoms with E-state index in [1.807, 2.05) is 18.2 Å². The van der Waals surface area contributed by atoms with Crippen LogP contribution in [0.25, 0.3) is 0 Å². The molecule has 1 fully saturated rings. The number of carbonyl (C=O) groups is 1. The summed E-state index contributed by atoms with van der Waals surface area (Å²) in [5.41, 5.74) is 6.19. The minimum atomic E-state index is -0.827. The highest BCUT2D eigenvalue weighted by Gasteiger charge is 2.36. The van der Waals surface area contributed by atoms with Crippen molar-refractivity contribution in [2.45, 2.75) is 37.6 Å². The highest BCUT2D eigenvalue weighted by Crippen LogP contribution is 2.33. The van der Waals surface area contributed by atoms with Gasteiger partial charge in [0.1, 0.15) is 0 Å². The van der Waals surface area contributed by atoms with Crippen molar-refractivity contribution in [3.63, 3.8) is 0 Å². The van der Waals surface area contributed by atoms with Crippen LogP contribution in [0.1, 0.15) is 32.3 Å². The molecule has 0 radical (unpaired) electrons. The molecule has 1 aliphatic rings. The maximum absolute atomic E-state index is 12.5. The summed E-state index contributed by atoms with van der Waals surface area (Å²) >= 11 is 0. The summed E-state index contributed by atoms with van der Waals surface area (Å²) in [5.74, 6) is 1.25. The van der Waals surface area contributed by atoms with Crippen molar-refractivity contribution in [2.24, 2.45) is 5.73 Å². The number of hydrogen-bond donors (Lipinski definition) is 2. The van der Waals surface area contributed by atoms with Crippen molar-refractivity contribution in [1.29, 1.82) is 0 Å². The highest BCUT2D eigenvalue weighted by atomic mass is 16.5. The van der Waals surface area contributed by atoms with E-state index in [0.29, 0.717) is 44.1 Å². The first-order valence-corrected chi connectivity index (χ1v) is 8.20. The highest BCUT2D eigenvalue weighted by molar-refractivity contribution is 5.86. The third kappa shape index (κ3) is 3.99. The van der Waals surface area contributed by atoms with Gasteiger partial charge in [-0.15, -0.1) is 0 Å². The van der Waals surface area contributed by atoms with E-state index in [2.05, 4.69) is 19.2 Å². The van der Waals surface area contributed by atoms with Crippen LogP contribution in [-0.4, -0.2) is 45.4 Å². The lowest BCUT2D eigenvalue weighted by Crippen LogP contribution is -2.58. The van der Waals surface area contributed by atoms with Crippen LogP contribution >= 0.6 is 0 Å². The molecule has 0 saturated carbocycles. The van der Waals surface area contributed by atoms with Crippen LogP contribution in [0.5, 0.6) is 11.5 Å². The first kappa shape index (κ1) is 18.5. The second-order valence-electron chi connectivity index (χ2n) is 6.90. The van der Waals surface area contributed by atoms with Gasteiger partial charge < -0.3 is 25.3 Å². The quantitative estimate of drug-likeness (QED) is 0.824. The van der Waals surface area contributed by atoms with E-state index >= 15 is 0 Å². The van der Waals surface area contributed by atoms with Crippen molar-refractivity contribution >= 4 is 5.91 Å². The number of nitrogens with one attached hydrogen (secondary N) is 1. The number of methoxy groups -OCH3 is 2. The van der Waals surface area contributed by atoms with Crippen LogP contribution in [0.3, 0.4) is 0 Å². The molecule has 1 aromatic carbocycles. The van der Waals surface area contributed by atoms with E-state index in [0.717, 1.165) is 5.56 Å². The normalized spacial score (nSPS) is 17.2. The van der Waals surface area contributed by atoms with E-state index in [-0.39, 0.29) is 11.3 Å². The molecule has 0 bridgehead atoms. The molecule has 0 spiro atoms. The molecule has 0 aliphatic carbocycles. The number of hydrogen-bond acceptors (Lipinski definition) is 5. The second-order valence-corrected chi connectivity index (χ2v) is 6.90. The predicted octanol–water partition coefficient (Wildman–Crippen LogP) is 1.61. The predicted molar refractivity (Wildman–Crippen MR) is 92.6 cm³/mol. The van der Waals surface area contributed by atoms with Crippen LogP contribution in [0.4, 0.5) is 0 Å². The number of benzene rings is 1. The lowest BCUT2D eigenvalue weighted by atomic mass is 9.83. The lowest BCUT2D eigenvalue weighted by molar-refractivity contribution is -0.130. The molecule has 0 atom stereocenters. The minimum absolute atomic E-state index is 0.112. The topological polar surface area (TPSA) is 82.8 Å². The maximum Gasteiger partial charge on any atom is 0.240 e. The van der Waals surface area contributed by atoms with Gasteiger partial charge in [0.2, 0.25) is 5.91 Å². The first-order chi connectivity index (χ1) is 11.3. The minimum Gasteiger partial charge on any atom is -0.493 e. The Bertz CT molecular complexity index is 580. The Morgan fingerprint density at radius 2 is 1.88 bits per heavy atom. The monoisotopic (exact) mass is 336 g/mol. The Labute approximate surface area is 143 Å². The molecular weight excluding hydrogens is 308 g/mol. The molecule has 24 heavy (non-hydrogen) atoms. The zero-order valence-electron chi connectivity index (χ0n) is 15.0. The molecule has 1 amide bonds. The number of ether oxygens (including phenoxy) is 3. The molecule has 2 rings (SSSR count). The second kappa shape index (κ2) is 7.40. The fraction of sp³-hybridized carbons (Fsp3) is 0.611. The van der Waals surface area contributed by atoms with Crippen molar-refractivity contribution in [2.75, 3.05) is 34.0 Å². The summed E-state index contributed by atoms with van der Waals surface area (Å²) in [4.78, 5) is 12.5. The molecule has 3 N–H and O–H groups in total. The Hall–Kier alpha value is -1.79. The summed E-state index contributed by atoms with van der Waals surface area (Å²) in [7, 11) is 3.22. The molecule has 0 aromatic heterocycles. The third-order valence-corrected chi connectivity index (χ3v) is 4.69. The zero-order chi connectivity index (χ0) is 17.8. The molecule has 1 heterocycles. The van der Waals surface area contributed by atoms with Gasteiger partial charge in [-0.2, -0.15) is 0 Å². The van der Waals surface area contributed by atoms with Gasteiger partial charge in [-0.25, -0.2) is 0 Å². The van der Waals surface area contributed by atoms with Gasteiger partial charge in [-0.1, -0.05) is 19.9 Å². The fourth-order valence-corrected chi connectivity index (χ4v) is 2.80. The van der Waals surface area contributed by atoms with Gasteiger partial charge in [0.15, 0.2) is 11.5 Å². The number of carbonyl (C=O) groups excluding carboxylic acids is 1. The van der Waals surface area contributed by atoms with E-state index in [9.17, 15) is 4.79 Å². The third-order valence-electron chi connectivity index (χ3n) is 4.69. The van der Waals surface area contributed by atoms with Gasteiger partial charge in [0.05, 0.1) is 19.8 Å². The molecule has 1 saturated heterocycles. The average molecular weight is 336 g/mol. The smallest absolute Gasteiger partial charge is 0.240 e. The van der Waals surface area contributed by atoms with E-state index in [1.54, 1.807) is 14.2 Å². The Balaban J connectivity index is 2.06. The van der Waals surface area contributed by atoms with Gasteiger partial charge in [-0.3, -0.25) is 4.79 Å². The Kier molecular flexibility index (Phi) is 5.72. The zero-order valence-corrected chi connectivity index (χ0v) is 15.0. The molecular formula is C18H28N2O4. The molecule has 6 heteroatoms. The van der Waals surface area contributed by atoms with Crippen molar-refractivity contribution < 1.29 is 19.0 Å². The van der Waals surface area contributed by atoms with Crippen LogP contribution in [0, 0.1) is 0 Å². The Morgan fingerprint density at radius 3 is 2.46 bits per heavy atom.